The van der Waals surface area contributed by atoms with Crippen LogP contribution < -0.4 is 15.4 Å². The lowest BCUT2D eigenvalue weighted by molar-refractivity contribution is -0.114. The number of amides is 1. The molecular formula is C17H20N4O2. The quantitative estimate of drug-likeness (QED) is 0.883. The first-order valence-electron chi connectivity index (χ1n) is 7.55. The first-order chi connectivity index (χ1) is 11.1. The number of aromatic nitrogens is 2. The number of benzene rings is 1. The number of methoxy groups -OCH3 is 1. The first kappa shape index (κ1) is 15.1. The third-order valence-corrected chi connectivity index (χ3v) is 3.98. The van der Waals surface area contributed by atoms with Gasteiger partial charge < -0.3 is 10.5 Å². The molecule has 0 atom stereocenters. The maximum atomic E-state index is 12.7. The lowest BCUT2D eigenvalue weighted by Gasteiger charge is -2.27. The predicted molar refractivity (Wildman–Crippen MR) is 90.3 cm³/mol. The molecule has 0 unspecified atom stereocenters. The Morgan fingerprint density at radius 1 is 1.39 bits per heavy atom. The molecule has 2 heterocycles. The highest BCUT2D eigenvalue weighted by molar-refractivity contribution is 6.06. The average Bonchev–Trinajstić information content (AvgIpc) is 2.96. The van der Waals surface area contributed by atoms with Crippen molar-refractivity contribution in [3.63, 3.8) is 0 Å². The molecule has 120 valence electrons. The van der Waals surface area contributed by atoms with Crippen molar-refractivity contribution in [2.75, 3.05) is 24.3 Å². The van der Waals surface area contributed by atoms with Crippen molar-refractivity contribution >= 4 is 23.0 Å². The summed E-state index contributed by atoms with van der Waals surface area (Å²) in [5.41, 5.74) is 8.32. The Balaban J connectivity index is 1.87. The Bertz CT molecular complexity index is 764. The van der Waals surface area contributed by atoms with Gasteiger partial charge in [-0.2, -0.15) is 5.10 Å². The van der Waals surface area contributed by atoms with Crippen LogP contribution in [0.2, 0.25) is 0 Å². The first-order valence-corrected chi connectivity index (χ1v) is 7.55. The van der Waals surface area contributed by atoms with Gasteiger partial charge in [0.2, 0.25) is 0 Å². The largest absolute Gasteiger partial charge is 0.497 e. The molecule has 1 amide bonds. The standard InChI is InChI=1S/C17H20N4O2/c1-12(13-5-3-6-14(10-13)23-2)9-16(22)20-7-4-8-21-17(20)15(18)11-19-21/h3,5-6,9-11H,4,7-8,18H2,1-2H3/b12-9+. The smallest absolute Gasteiger partial charge is 0.252 e. The van der Waals surface area contributed by atoms with Crippen molar-refractivity contribution in [2.45, 2.75) is 19.9 Å². The average molecular weight is 312 g/mol. The Morgan fingerprint density at radius 3 is 3.00 bits per heavy atom. The molecule has 0 spiro atoms. The van der Waals surface area contributed by atoms with E-state index in [1.807, 2.05) is 31.2 Å². The van der Waals surface area contributed by atoms with E-state index in [9.17, 15) is 4.79 Å². The fourth-order valence-corrected chi connectivity index (χ4v) is 2.77. The minimum atomic E-state index is -0.0848. The van der Waals surface area contributed by atoms with E-state index in [0.717, 1.165) is 29.9 Å². The van der Waals surface area contributed by atoms with Crippen LogP contribution in [-0.2, 0) is 11.3 Å². The summed E-state index contributed by atoms with van der Waals surface area (Å²) in [7, 11) is 1.63. The van der Waals surface area contributed by atoms with Crippen molar-refractivity contribution in [2.24, 2.45) is 0 Å². The van der Waals surface area contributed by atoms with E-state index in [1.54, 1.807) is 29.0 Å². The number of nitrogen functional groups attached to an aromatic ring is 1. The topological polar surface area (TPSA) is 73.4 Å². The molecular weight excluding hydrogens is 292 g/mol. The van der Waals surface area contributed by atoms with Crippen LogP contribution in [0.1, 0.15) is 18.9 Å². The number of allylic oxidation sites excluding steroid dienone is 1. The molecule has 2 aromatic rings. The lowest BCUT2D eigenvalue weighted by Crippen LogP contribution is -2.37. The van der Waals surface area contributed by atoms with E-state index in [2.05, 4.69) is 5.10 Å². The second kappa shape index (κ2) is 6.16. The molecule has 1 aromatic carbocycles. The third-order valence-electron chi connectivity index (χ3n) is 3.98. The van der Waals surface area contributed by atoms with Gasteiger partial charge in [-0.05, 0) is 36.6 Å². The molecule has 0 bridgehead atoms. The monoisotopic (exact) mass is 312 g/mol. The minimum absolute atomic E-state index is 0.0848. The van der Waals surface area contributed by atoms with Crippen molar-refractivity contribution in [1.82, 2.24) is 9.78 Å². The van der Waals surface area contributed by atoms with E-state index in [1.165, 1.54) is 0 Å². The number of ether oxygens (including phenoxy) is 1. The number of carbonyl (C=O) groups excluding carboxylic acids is 1. The molecule has 23 heavy (non-hydrogen) atoms. The zero-order chi connectivity index (χ0) is 16.4. The fourth-order valence-electron chi connectivity index (χ4n) is 2.77. The molecule has 0 fully saturated rings. The van der Waals surface area contributed by atoms with Crippen LogP contribution in [0, 0.1) is 0 Å². The summed E-state index contributed by atoms with van der Waals surface area (Å²) in [5, 5.41) is 4.21. The summed E-state index contributed by atoms with van der Waals surface area (Å²) in [4.78, 5) is 14.4. The number of hydrogen-bond acceptors (Lipinski definition) is 4. The highest BCUT2D eigenvalue weighted by Crippen LogP contribution is 2.28. The minimum Gasteiger partial charge on any atom is -0.497 e. The van der Waals surface area contributed by atoms with Crippen molar-refractivity contribution < 1.29 is 9.53 Å². The van der Waals surface area contributed by atoms with Gasteiger partial charge in [-0.25, -0.2) is 4.68 Å². The number of aryl methyl sites for hydroxylation is 1. The van der Waals surface area contributed by atoms with Gasteiger partial charge in [0.05, 0.1) is 19.0 Å². The molecule has 3 rings (SSSR count). The van der Waals surface area contributed by atoms with Crippen molar-refractivity contribution in [1.29, 1.82) is 0 Å². The van der Waals surface area contributed by atoms with Gasteiger partial charge in [-0.3, -0.25) is 9.69 Å². The maximum Gasteiger partial charge on any atom is 0.252 e. The zero-order valence-corrected chi connectivity index (χ0v) is 13.3. The number of anilines is 2. The van der Waals surface area contributed by atoms with Gasteiger partial charge >= 0.3 is 0 Å². The van der Waals surface area contributed by atoms with E-state index < -0.39 is 0 Å². The number of hydrogen-bond donors (Lipinski definition) is 1. The van der Waals surface area contributed by atoms with Crippen LogP contribution in [0.4, 0.5) is 11.5 Å². The summed E-state index contributed by atoms with van der Waals surface area (Å²) < 4.78 is 7.01. The third kappa shape index (κ3) is 2.92. The molecule has 6 nitrogen and oxygen atoms in total. The SMILES string of the molecule is COc1cccc(/C(C)=C/C(=O)N2CCCn3ncc(N)c32)c1. The van der Waals surface area contributed by atoms with E-state index in [-0.39, 0.29) is 5.91 Å². The zero-order valence-electron chi connectivity index (χ0n) is 13.3. The van der Waals surface area contributed by atoms with Crippen LogP contribution in [0.15, 0.2) is 36.5 Å². The van der Waals surface area contributed by atoms with Crippen LogP contribution in [0.25, 0.3) is 5.57 Å². The summed E-state index contributed by atoms with van der Waals surface area (Å²) in [6.45, 7) is 3.35. The normalized spacial score (nSPS) is 14.5. The molecule has 0 radical (unpaired) electrons. The summed E-state index contributed by atoms with van der Waals surface area (Å²) >= 11 is 0. The van der Waals surface area contributed by atoms with Crippen molar-refractivity contribution in [3.05, 3.63) is 42.1 Å². The van der Waals surface area contributed by atoms with Gasteiger partial charge in [0.25, 0.3) is 5.91 Å². The van der Waals surface area contributed by atoms with Crippen LogP contribution >= 0.6 is 0 Å². The van der Waals surface area contributed by atoms with Crippen LogP contribution in [0.3, 0.4) is 0 Å². The van der Waals surface area contributed by atoms with Crippen LogP contribution in [0.5, 0.6) is 5.75 Å². The molecule has 2 N–H and O–H groups in total. The number of nitrogens with two attached hydrogens (primary N) is 1. The van der Waals surface area contributed by atoms with E-state index >= 15 is 0 Å². The van der Waals surface area contributed by atoms with Gasteiger partial charge in [-0.1, -0.05) is 12.1 Å². The predicted octanol–water partition coefficient (Wildman–Crippen LogP) is 2.31. The molecule has 0 aliphatic carbocycles. The number of rotatable bonds is 3. The molecule has 1 aliphatic rings. The molecule has 1 aliphatic heterocycles. The molecule has 1 aromatic heterocycles. The summed E-state index contributed by atoms with van der Waals surface area (Å²) in [6.07, 6.45) is 4.10. The Morgan fingerprint density at radius 2 is 2.22 bits per heavy atom. The lowest BCUT2D eigenvalue weighted by atomic mass is 10.1. The number of carbonyl (C=O) groups is 1. The van der Waals surface area contributed by atoms with Gasteiger partial charge in [-0.15, -0.1) is 0 Å². The van der Waals surface area contributed by atoms with Crippen LogP contribution in [-0.4, -0.2) is 29.3 Å². The number of nitrogens with zero attached hydrogens (tertiary/aromatic N) is 3. The highest BCUT2D eigenvalue weighted by atomic mass is 16.5. The summed E-state index contributed by atoms with van der Waals surface area (Å²) in [6, 6.07) is 7.65. The summed E-state index contributed by atoms with van der Waals surface area (Å²) in [5.74, 6) is 1.37. The second-order valence-corrected chi connectivity index (χ2v) is 5.55. The molecule has 6 heteroatoms. The molecule has 0 saturated heterocycles. The van der Waals surface area contributed by atoms with Gasteiger partial charge in [0.15, 0.2) is 5.82 Å². The Hall–Kier alpha value is -2.76. The van der Waals surface area contributed by atoms with Gasteiger partial charge in [0.1, 0.15) is 5.75 Å². The second-order valence-electron chi connectivity index (χ2n) is 5.55. The van der Waals surface area contributed by atoms with E-state index in [4.69, 9.17) is 10.5 Å². The Labute approximate surface area is 135 Å². The molecule has 0 saturated carbocycles. The van der Waals surface area contributed by atoms with Gasteiger partial charge in [0, 0.05) is 19.2 Å². The maximum absolute atomic E-state index is 12.7. The highest BCUT2D eigenvalue weighted by Gasteiger charge is 2.24. The Kier molecular flexibility index (Phi) is 4.06. The fraction of sp³-hybridized carbons (Fsp3) is 0.294. The number of fused-ring (bicyclic) bond motifs is 1. The van der Waals surface area contributed by atoms with E-state index in [0.29, 0.717) is 18.1 Å². The van der Waals surface area contributed by atoms with Crippen molar-refractivity contribution in [3.8, 4) is 5.75 Å².